The molecule has 0 radical (unpaired) electrons. The number of rotatable bonds is 37. The molecule has 0 heterocycles. The first-order valence-corrected chi connectivity index (χ1v) is 34.2. The van der Waals surface area contributed by atoms with E-state index in [1.807, 2.05) is 54.6 Å². The van der Waals surface area contributed by atoms with E-state index < -0.39 is 152 Å². The van der Waals surface area contributed by atoms with E-state index in [4.69, 9.17) is 150 Å². The molecule has 12 nitrogen and oxygen atoms in total. The van der Waals surface area contributed by atoms with Crippen LogP contribution in [0.15, 0.2) is 72.8 Å². The van der Waals surface area contributed by atoms with Crippen molar-refractivity contribution in [1.82, 2.24) is 0 Å². The van der Waals surface area contributed by atoms with E-state index in [1.165, 1.54) is 0 Å². The number of para-hydroxylation sites is 3. The molecule has 7 aromatic carbocycles. The van der Waals surface area contributed by atoms with Crippen LogP contribution in [0.3, 0.4) is 0 Å². The van der Waals surface area contributed by atoms with Crippen molar-refractivity contribution in [1.29, 1.82) is 0 Å². The zero-order valence-corrected chi connectivity index (χ0v) is 58.9. The Morgan fingerprint density at radius 1 is 0.258 bits per heavy atom. The second-order valence-electron chi connectivity index (χ2n) is 19.6. The quantitative estimate of drug-likeness (QED) is 0.0122. The Morgan fingerprint density at radius 3 is 0.670 bits per heavy atom. The minimum atomic E-state index is -5.62. The number of hydrogen-bond donors (Lipinski definition) is 0. The SMILES string of the molecule is COCCOCCOCCOc1ccccc1[Se+](c1ccccc1OCCOCCOCCOC)c1ccccc1OCCOCCOCCOC.Fc1c(F)c(Cl)c(Cl)c([B-](c2c(F)c(F)c(F)c(Cl)c2Cl)(c2c(F)c(F)c(F)c(Cl)c2Cl)c2c(F)c(F)c(F)c(Cl)c2Cl)c1F. The summed E-state index contributed by atoms with van der Waals surface area (Å²) in [6.45, 7) is 8.73. The fraction of sp³-hybridized carbons (Fsp3) is 0.333. The van der Waals surface area contributed by atoms with Gasteiger partial charge in [0.25, 0.3) is 0 Å². The van der Waals surface area contributed by atoms with E-state index in [-0.39, 0.29) is 0 Å². The summed E-state index contributed by atoms with van der Waals surface area (Å²) in [4.78, 5) is 0. The predicted molar refractivity (Wildman–Crippen MR) is 351 cm³/mol. The summed E-state index contributed by atoms with van der Waals surface area (Å²) in [6, 6.07) is 24.6. The summed E-state index contributed by atoms with van der Waals surface area (Å²) in [5, 5.41) is -13.9. The molecule has 0 saturated carbocycles. The first-order chi connectivity index (χ1) is 46.5. The standard InChI is InChI=1S/C39H57O12Se.C24BCl8F12/c1-40-16-19-43-22-25-46-28-31-49-34-10-4-7-13-37(34)52(38-14-8-5-11-35(38)50-32-29-47-26-23-44-20-17-41-2)39-15-9-6-12-36(39)51-33-30-48-27-24-45-21-18-42-3;26-5-1(13(34)21(42)17(38)9(5)30)25(2-6(27)10(31)18(39)22(43)14(2)35,3-7(28)11(32)19(40)23(44)15(3)36)4-8(29)12(33)20(41)24(45)16(4)37/h4-15H,16-33H2,1-3H3;/q+1;-1. The van der Waals surface area contributed by atoms with Crippen LogP contribution in [0.4, 0.5) is 52.7 Å². The van der Waals surface area contributed by atoms with Crippen molar-refractivity contribution in [3.05, 3.63) is 183 Å². The molecule has 0 aromatic heterocycles. The molecule has 0 aliphatic carbocycles. The number of ether oxygens (including phenoxy) is 12. The van der Waals surface area contributed by atoms with Crippen molar-refractivity contribution >= 4 is 148 Å². The topological polar surface area (TPSA) is 111 Å². The van der Waals surface area contributed by atoms with Crippen LogP contribution >= 0.6 is 92.8 Å². The Labute approximate surface area is 594 Å². The van der Waals surface area contributed by atoms with Gasteiger partial charge >= 0.3 is 293 Å². The molecule has 0 N–H and O–H groups in total. The molecule has 0 aliphatic rings. The molecule has 0 atom stereocenters. The Bertz CT molecular complexity index is 3240. The minimum absolute atomic E-state index is 0.392. The average molecular weight is 1610 g/mol. The summed E-state index contributed by atoms with van der Waals surface area (Å²) in [6.07, 6.45) is -5.62. The zero-order chi connectivity index (χ0) is 71.1. The van der Waals surface area contributed by atoms with Crippen molar-refractivity contribution in [3.8, 4) is 17.2 Å². The third-order valence-electron chi connectivity index (χ3n) is 13.8. The number of hydrogen-bond acceptors (Lipinski definition) is 12. The summed E-state index contributed by atoms with van der Waals surface area (Å²) >= 11 is 44.6. The van der Waals surface area contributed by atoms with Crippen LogP contribution < -0.4 is 49.4 Å². The molecule has 7 rings (SSSR count). The molecular formula is C63H57BCl8F12O12Se. The molecule has 0 fully saturated rings. The molecule has 7 aromatic rings. The van der Waals surface area contributed by atoms with Crippen molar-refractivity contribution in [3.63, 3.8) is 0 Å². The second kappa shape index (κ2) is 40.3. The Morgan fingerprint density at radius 2 is 0.454 bits per heavy atom. The van der Waals surface area contributed by atoms with Gasteiger partial charge in [0.1, 0.15) is 29.4 Å². The Kier molecular flexibility index (Phi) is 33.9. The molecule has 0 amide bonds. The van der Waals surface area contributed by atoms with Crippen molar-refractivity contribution in [2.24, 2.45) is 0 Å². The van der Waals surface area contributed by atoms with Gasteiger partial charge in [0.05, 0.1) is 20.1 Å². The van der Waals surface area contributed by atoms with Gasteiger partial charge in [-0.1, -0.05) is 92.8 Å². The first kappa shape index (κ1) is 81.6. The van der Waals surface area contributed by atoms with Gasteiger partial charge in [-0.05, 0) is 0 Å². The molecule has 530 valence electrons. The van der Waals surface area contributed by atoms with Gasteiger partial charge in [-0.15, -0.1) is 21.9 Å². The van der Waals surface area contributed by atoms with Gasteiger partial charge < -0.3 is 0 Å². The summed E-state index contributed by atoms with van der Waals surface area (Å²) in [5.74, 6) is -28.9. The first-order valence-electron chi connectivity index (χ1n) is 28.6. The van der Waals surface area contributed by atoms with E-state index in [9.17, 15) is 17.6 Å². The maximum atomic E-state index is 16.0. The van der Waals surface area contributed by atoms with Crippen molar-refractivity contribution < 1.29 is 110 Å². The molecule has 97 heavy (non-hydrogen) atoms. The van der Waals surface area contributed by atoms with Crippen LogP contribution in [0, 0.1) is 69.8 Å². The molecule has 0 saturated heterocycles. The zero-order valence-electron chi connectivity index (χ0n) is 51.1. The monoisotopic (exact) mass is 1600 g/mol. The van der Waals surface area contributed by atoms with Gasteiger partial charge in [-0.3, -0.25) is 0 Å². The molecule has 0 bridgehead atoms. The van der Waals surface area contributed by atoms with E-state index in [2.05, 4.69) is 18.2 Å². The van der Waals surface area contributed by atoms with Crippen LogP contribution in [0.1, 0.15) is 0 Å². The number of halogens is 20. The molecular weight excluding hydrogens is 1550 g/mol. The summed E-state index contributed by atoms with van der Waals surface area (Å²) in [5.41, 5.74) is -8.47. The van der Waals surface area contributed by atoms with E-state index in [1.54, 1.807) is 21.3 Å². The predicted octanol–water partition coefficient (Wildman–Crippen LogP) is 12.3. The maximum absolute atomic E-state index is 16.0. The molecule has 34 heteroatoms. The van der Waals surface area contributed by atoms with Crippen LogP contribution in [-0.4, -0.2) is 160 Å². The summed E-state index contributed by atoms with van der Waals surface area (Å²) < 4.78 is 254. The summed E-state index contributed by atoms with van der Waals surface area (Å²) in [7, 11) is 4.96. The van der Waals surface area contributed by atoms with Crippen molar-refractivity contribution in [2.75, 3.05) is 140 Å². The van der Waals surface area contributed by atoms with E-state index in [0.717, 1.165) is 30.6 Å². The van der Waals surface area contributed by atoms with Crippen LogP contribution in [-0.2, 0) is 42.6 Å². The number of methoxy groups -OCH3 is 3. The fourth-order valence-electron chi connectivity index (χ4n) is 9.47. The van der Waals surface area contributed by atoms with E-state index in [0.29, 0.717) is 119 Å². The molecule has 0 aliphatic heterocycles. The van der Waals surface area contributed by atoms with Crippen molar-refractivity contribution in [2.45, 2.75) is 0 Å². The normalized spacial score (nSPS) is 11.6. The average Bonchev–Trinajstić information content (AvgIpc) is 0.682. The van der Waals surface area contributed by atoms with Gasteiger partial charge in [-0.25, -0.2) is 52.7 Å². The third-order valence-corrected chi connectivity index (χ3v) is 22.0. The van der Waals surface area contributed by atoms with Crippen LogP contribution in [0.5, 0.6) is 17.2 Å². The molecule has 0 unspecified atom stereocenters. The second-order valence-corrected chi connectivity index (χ2v) is 26.7. The number of benzene rings is 7. The molecule has 0 spiro atoms. The van der Waals surface area contributed by atoms with Gasteiger partial charge in [0.2, 0.25) is 0 Å². The van der Waals surface area contributed by atoms with Gasteiger partial charge in [0.15, 0.2) is 46.5 Å². The van der Waals surface area contributed by atoms with Gasteiger partial charge in [-0.2, -0.15) is 0 Å². The smallest absolute Gasteiger partial charge is 0.207 e. The van der Waals surface area contributed by atoms with E-state index >= 15 is 35.1 Å². The fourth-order valence-corrected chi connectivity index (χ4v) is 16.4. The van der Waals surface area contributed by atoms with Gasteiger partial charge in [0, 0.05) is 41.4 Å². The van der Waals surface area contributed by atoms with Crippen LogP contribution in [0.25, 0.3) is 0 Å². The Hall–Kier alpha value is -4.36. The Balaban J connectivity index is 0.000000309. The third kappa shape index (κ3) is 19.6. The van der Waals surface area contributed by atoms with Crippen LogP contribution in [0.2, 0.25) is 40.2 Å². The minimum Gasteiger partial charge on any atom is -0.207 e.